The summed E-state index contributed by atoms with van der Waals surface area (Å²) in [5.41, 5.74) is -0.174. The average molecular weight is 591 g/mol. The van der Waals surface area contributed by atoms with Crippen molar-refractivity contribution in [1.29, 1.82) is 0 Å². The van der Waals surface area contributed by atoms with Crippen molar-refractivity contribution < 1.29 is 32.6 Å². The summed E-state index contributed by atoms with van der Waals surface area (Å²) in [7, 11) is -4.28. The normalized spacial score (nSPS) is 21.1. The lowest BCUT2D eigenvalue weighted by Crippen LogP contribution is -2.50. The van der Waals surface area contributed by atoms with Crippen LogP contribution in [-0.2, 0) is 24.3 Å². The van der Waals surface area contributed by atoms with E-state index in [4.69, 9.17) is 21.1 Å². The van der Waals surface area contributed by atoms with Crippen molar-refractivity contribution >= 4 is 45.0 Å². The molecule has 3 aromatic rings. The van der Waals surface area contributed by atoms with Crippen molar-refractivity contribution in [1.82, 2.24) is 9.21 Å². The van der Waals surface area contributed by atoms with Crippen LogP contribution in [0.5, 0.6) is 0 Å². The van der Waals surface area contributed by atoms with Gasteiger partial charge in [0.15, 0.2) is 0 Å². The molecule has 1 aromatic heterocycles. The summed E-state index contributed by atoms with van der Waals surface area (Å²) in [6, 6.07) is 19.2. The molecular weight excluding hydrogens is 564 g/mol. The number of carboxylic acid groups (broad SMARTS) is 1. The molecule has 5 rings (SSSR count). The Hall–Kier alpha value is -2.96. The molecule has 12 heteroatoms. The largest absolute Gasteiger partial charge is 0.480 e. The Morgan fingerprint density at radius 3 is 2.44 bits per heavy atom. The van der Waals surface area contributed by atoms with E-state index in [1.54, 1.807) is 54.6 Å². The quantitative estimate of drug-likeness (QED) is 0.389. The Kier molecular flexibility index (Phi) is 7.97. The maximum atomic E-state index is 14.1. The topological polar surface area (TPSA) is 113 Å². The molecule has 0 unspecified atom stereocenters. The van der Waals surface area contributed by atoms with E-state index in [0.717, 1.165) is 26.8 Å². The molecule has 206 valence electrons. The monoisotopic (exact) mass is 590 g/mol. The van der Waals surface area contributed by atoms with Gasteiger partial charge in [-0.05, 0) is 41.8 Å². The number of benzene rings is 2. The van der Waals surface area contributed by atoms with Crippen LogP contribution in [0.4, 0.5) is 4.79 Å². The van der Waals surface area contributed by atoms with Crippen molar-refractivity contribution in [2.75, 3.05) is 39.5 Å². The maximum absolute atomic E-state index is 14.1. The van der Waals surface area contributed by atoms with Crippen LogP contribution in [0.3, 0.4) is 0 Å². The number of morpholine rings is 1. The lowest BCUT2D eigenvalue weighted by Gasteiger charge is -2.30. The number of hydrogen-bond acceptors (Lipinski definition) is 7. The first-order valence-corrected chi connectivity index (χ1v) is 15.0. The molecule has 0 radical (unpaired) electrons. The van der Waals surface area contributed by atoms with E-state index in [-0.39, 0.29) is 23.8 Å². The molecule has 2 aliphatic rings. The molecule has 0 spiro atoms. The molecular formula is C27H27ClN2O7S2. The Labute approximate surface area is 235 Å². The third kappa shape index (κ3) is 5.55. The van der Waals surface area contributed by atoms with Gasteiger partial charge in [-0.1, -0.05) is 54.1 Å². The molecule has 2 heterocycles. The second-order valence-electron chi connectivity index (χ2n) is 9.31. The van der Waals surface area contributed by atoms with E-state index in [0.29, 0.717) is 36.2 Å². The highest BCUT2D eigenvalue weighted by Crippen LogP contribution is 2.57. The van der Waals surface area contributed by atoms with Crippen LogP contribution in [0.25, 0.3) is 10.4 Å². The summed E-state index contributed by atoms with van der Waals surface area (Å²) in [6.07, 6.45) is -0.477. The van der Waals surface area contributed by atoms with Crippen LogP contribution in [0, 0.1) is 0 Å². The predicted molar refractivity (Wildman–Crippen MR) is 147 cm³/mol. The van der Waals surface area contributed by atoms with Gasteiger partial charge < -0.3 is 19.5 Å². The van der Waals surface area contributed by atoms with Gasteiger partial charge in [0.25, 0.3) is 10.0 Å². The molecule has 1 aliphatic heterocycles. The molecule has 2 atom stereocenters. The van der Waals surface area contributed by atoms with Gasteiger partial charge >= 0.3 is 12.1 Å². The first kappa shape index (κ1) is 27.6. The fraction of sp³-hybridized carbons (Fsp3) is 0.333. The smallest absolute Gasteiger partial charge is 0.409 e. The Bertz CT molecular complexity index is 1440. The zero-order chi connectivity index (χ0) is 27.6. The van der Waals surface area contributed by atoms with Gasteiger partial charge in [0.05, 0.1) is 13.2 Å². The number of nitrogens with zero attached hydrogens (tertiary/aromatic N) is 2. The highest BCUT2D eigenvalue weighted by molar-refractivity contribution is 7.91. The van der Waals surface area contributed by atoms with E-state index in [1.807, 2.05) is 6.07 Å². The first-order valence-electron chi connectivity index (χ1n) is 12.4. The van der Waals surface area contributed by atoms with Crippen molar-refractivity contribution in [3.05, 3.63) is 77.3 Å². The van der Waals surface area contributed by atoms with Gasteiger partial charge in [0, 0.05) is 35.5 Å². The molecule has 2 aromatic carbocycles. The number of hydrogen-bond donors (Lipinski definition) is 1. The Morgan fingerprint density at radius 1 is 1.08 bits per heavy atom. The second-order valence-corrected chi connectivity index (χ2v) is 12.9. The van der Waals surface area contributed by atoms with Crippen LogP contribution >= 0.6 is 22.9 Å². The number of sulfonamides is 1. The van der Waals surface area contributed by atoms with Crippen LogP contribution in [0.1, 0.15) is 17.9 Å². The summed E-state index contributed by atoms with van der Waals surface area (Å²) >= 11 is 7.04. The van der Waals surface area contributed by atoms with Gasteiger partial charge in [-0.3, -0.25) is 4.79 Å². The SMILES string of the molecule is O=C(OCCN([C@]1(C(=O)O)C[C@H]1c1ccccc1)S(=O)(=O)c1ccc(-c2ccc(Cl)cc2)s1)N1CCOCC1. The van der Waals surface area contributed by atoms with Gasteiger partial charge in [-0.25, -0.2) is 13.2 Å². The van der Waals surface area contributed by atoms with Gasteiger partial charge in [0.1, 0.15) is 16.4 Å². The van der Waals surface area contributed by atoms with Gasteiger partial charge in [-0.2, -0.15) is 4.31 Å². The lowest BCUT2D eigenvalue weighted by atomic mass is 10.1. The molecule has 0 bridgehead atoms. The van der Waals surface area contributed by atoms with Crippen LogP contribution in [0.15, 0.2) is 70.9 Å². The highest BCUT2D eigenvalue weighted by Gasteiger charge is 2.68. The van der Waals surface area contributed by atoms with Crippen molar-refractivity contribution in [3.8, 4) is 10.4 Å². The summed E-state index contributed by atoms with van der Waals surface area (Å²) in [4.78, 5) is 27.5. The molecule has 1 amide bonds. The highest BCUT2D eigenvalue weighted by atomic mass is 35.5. The lowest BCUT2D eigenvalue weighted by molar-refractivity contribution is -0.143. The number of rotatable bonds is 9. The Morgan fingerprint density at radius 2 is 1.77 bits per heavy atom. The fourth-order valence-corrected chi connectivity index (χ4v) is 8.18. The molecule has 1 saturated carbocycles. The summed E-state index contributed by atoms with van der Waals surface area (Å²) < 4.78 is 39.8. The average Bonchev–Trinajstić information content (AvgIpc) is 3.49. The minimum absolute atomic E-state index is 0.00583. The number of carboxylic acids is 1. The molecule has 1 saturated heterocycles. The molecule has 39 heavy (non-hydrogen) atoms. The van der Waals surface area contributed by atoms with E-state index >= 15 is 0 Å². The number of thiophene rings is 1. The summed E-state index contributed by atoms with van der Waals surface area (Å²) in [6.45, 7) is 0.941. The minimum Gasteiger partial charge on any atom is -0.480 e. The number of halogens is 1. The number of carbonyl (C=O) groups excluding carboxylic acids is 1. The van der Waals surface area contributed by atoms with Crippen molar-refractivity contribution in [2.24, 2.45) is 0 Å². The van der Waals surface area contributed by atoms with E-state index in [9.17, 15) is 23.1 Å². The number of aliphatic carboxylic acids is 1. The van der Waals surface area contributed by atoms with Gasteiger partial charge in [-0.15, -0.1) is 11.3 Å². The molecule has 2 fully saturated rings. The maximum Gasteiger partial charge on any atom is 0.409 e. The van der Waals surface area contributed by atoms with E-state index in [1.165, 1.54) is 11.0 Å². The van der Waals surface area contributed by atoms with Crippen molar-refractivity contribution in [2.45, 2.75) is 22.1 Å². The van der Waals surface area contributed by atoms with Crippen LogP contribution in [-0.4, -0.2) is 79.8 Å². The molecule has 1 N–H and O–H groups in total. The standard InChI is InChI=1S/C27H27ClN2O7S2/c28-21-8-6-20(7-9-21)23-10-11-24(38-23)39(34,35)30(14-17-37-26(33)29-12-15-36-16-13-29)27(25(31)32)18-22(27)19-4-2-1-3-5-19/h1-11,22H,12-18H2,(H,31,32)/t22-,27+/m0/s1. The fourth-order valence-electron chi connectivity index (χ4n) is 4.87. The van der Waals surface area contributed by atoms with Crippen molar-refractivity contribution in [3.63, 3.8) is 0 Å². The van der Waals surface area contributed by atoms with Gasteiger partial charge in [0.2, 0.25) is 0 Å². The zero-order valence-corrected chi connectivity index (χ0v) is 23.3. The van der Waals surface area contributed by atoms with Crippen LogP contribution in [0.2, 0.25) is 5.02 Å². The number of carbonyl (C=O) groups is 2. The van der Waals surface area contributed by atoms with E-state index < -0.39 is 33.5 Å². The molecule has 9 nitrogen and oxygen atoms in total. The Balaban J connectivity index is 1.44. The van der Waals surface area contributed by atoms with Crippen LogP contribution < -0.4 is 0 Å². The molecule has 1 aliphatic carbocycles. The third-order valence-corrected chi connectivity index (χ3v) is 10.8. The summed E-state index contributed by atoms with van der Waals surface area (Å²) in [5, 5.41) is 11.0. The number of amides is 1. The zero-order valence-electron chi connectivity index (χ0n) is 20.9. The minimum atomic E-state index is -4.28. The summed E-state index contributed by atoms with van der Waals surface area (Å²) in [5.74, 6) is -1.79. The van der Waals surface area contributed by atoms with E-state index in [2.05, 4.69) is 0 Å². The first-order chi connectivity index (χ1) is 18.7. The predicted octanol–water partition coefficient (Wildman–Crippen LogP) is 4.54. The second kappa shape index (κ2) is 11.3. The third-order valence-electron chi connectivity index (χ3n) is 6.99. The number of ether oxygens (including phenoxy) is 2.